The minimum atomic E-state index is 0.703. The van der Waals surface area contributed by atoms with Gasteiger partial charge in [0.15, 0.2) is 5.82 Å². The largest absolute Gasteiger partial charge is 0.317 e. The summed E-state index contributed by atoms with van der Waals surface area (Å²) < 4.78 is 4.68. The van der Waals surface area contributed by atoms with Crippen LogP contribution in [0.5, 0.6) is 0 Å². The zero-order valence-corrected chi connectivity index (χ0v) is 30.4. The Morgan fingerprint density at radius 2 is 0.929 bits per heavy atom. The molecule has 0 saturated heterocycles. The van der Waals surface area contributed by atoms with Crippen LogP contribution in [0.4, 0.5) is 0 Å². The van der Waals surface area contributed by atoms with Gasteiger partial charge in [-0.15, -0.1) is 0 Å². The molecule has 0 fully saturated rings. The van der Waals surface area contributed by atoms with Crippen LogP contribution >= 0.6 is 0 Å². The Kier molecular flexibility index (Phi) is 7.46. The third-order valence-corrected chi connectivity index (χ3v) is 10.9. The number of para-hydroxylation sites is 2. The molecule has 56 heavy (non-hydrogen) atoms. The van der Waals surface area contributed by atoms with Crippen molar-refractivity contribution in [1.82, 2.24) is 19.1 Å². The molecule has 262 valence electrons. The van der Waals surface area contributed by atoms with E-state index in [1.165, 1.54) is 43.5 Å². The molecule has 0 aliphatic heterocycles. The highest BCUT2D eigenvalue weighted by molar-refractivity contribution is 6.15. The number of nitrogens with zero attached hydrogens (tertiary/aromatic N) is 4. The number of hydrogen-bond acceptors (Lipinski definition) is 2. The van der Waals surface area contributed by atoms with Crippen LogP contribution in [0.2, 0.25) is 0 Å². The maximum Gasteiger partial charge on any atom is 0.160 e. The molecule has 8 aromatic carbocycles. The molecule has 0 radical (unpaired) electrons. The maximum atomic E-state index is 5.08. The summed E-state index contributed by atoms with van der Waals surface area (Å²) in [6.45, 7) is 0. The van der Waals surface area contributed by atoms with Crippen LogP contribution in [-0.2, 0) is 0 Å². The lowest BCUT2D eigenvalue weighted by Gasteiger charge is -2.12. The van der Waals surface area contributed by atoms with Gasteiger partial charge in [0.2, 0.25) is 0 Å². The van der Waals surface area contributed by atoms with Gasteiger partial charge in [0, 0.05) is 50.4 Å². The summed E-state index contributed by atoms with van der Waals surface area (Å²) in [5, 5.41) is 6.18. The molecule has 11 rings (SSSR count). The molecule has 4 heteroatoms. The van der Waals surface area contributed by atoms with Crippen molar-refractivity contribution in [2.45, 2.75) is 0 Å². The van der Waals surface area contributed by atoms with Crippen LogP contribution in [0.1, 0.15) is 0 Å². The monoisotopic (exact) mass is 714 g/mol. The highest BCUT2D eigenvalue weighted by Crippen LogP contribution is 2.37. The Labute approximate surface area is 324 Å². The standard InChI is InChI=1S/C52H34N4/c1-4-13-36(14-5-1)47-34-48(37-15-6-2-7-16-37)54-52(53-47)40-18-12-17-38(29-40)35-23-25-44(26-24-35)56-49-22-11-10-21-45(49)46-31-41-30-39-27-28-55(43-19-8-3-9-20-43)50(39)32-42(41)33-51(46)56/h1-34H. The van der Waals surface area contributed by atoms with E-state index in [1.807, 2.05) is 36.4 Å². The number of aromatic nitrogens is 4. The summed E-state index contributed by atoms with van der Waals surface area (Å²) >= 11 is 0. The van der Waals surface area contributed by atoms with Crippen LogP contribution in [0.25, 0.3) is 99.9 Å². The summed E-state index contributed by atoms with van der Waals surface area (Å²) in [6.07, 6.45) is 2.17. The molecule has 0 N–H and O–H groups in total. The first-order valence-corrected chi connectivity index (χ1v) is 19.0. The van der Waals surface area contributed by atoms with Gasteiger partial charge in [0.05, 0.1) is 27.9 Å². The van der Waals surface area contributed by atoms with E-state index in [-0.39, 0.29) is 0 Å². The third kappa shape index (κ3) is 5.47. The number of fused-ring (bicyclic) bond motifs is 5. The van der Waals surface area contributed by atoms with Crippen molar-refractivity contribution in [2.75, 3.05) is 0 Å². The van der Waals surface area contributed by atoms with Gasteiger partial charge in [-0.1, -0.05) is 127 Å². The molecule has 0 aliphatic carbocycles. The molecule has 11 aromatic rings. The van der Waals surface area contributed by atoms with Gasteiger partial charge in [0.1, 0.15) is 0 Å². The first-order valence-electron chi connectivity index (χ1n) is 19.0. The van der Waals surface area contributed by atoms with Gasteiger partial charge in [-0.05, 0) is 94.7 Å². The van der Waals surface area contributed by atoms with Crippen LogP contribution in [0, 0.1) is 0 Å². The molecule has 0 amide bonds. The maximum absolute atomic E-state index is 5.08. The molecule has 0 unspecified atom stereocenters. The van der Waals surface area contributed by atoms with Gasteiger partial charge < -0.3 is 9.13 Å². The van der Waals surface area contributed by atoms with E-state index in [2.05, 4.69) is 179 Å². The average molecular weight is 715 g/mol. The van der Waals surface area contributed by atoms with Crippen molar-refractivity contribution in [3.8, 4) is 56.4 Å². The highest BCUT2D eigenvalue weighted by atomic mass is 15.0. The Morgan fingerprint density at radius 3 is 1.66 bits per heavy atom. The molecule has 0 bridgehead atoms. The SMILES string of the molecule is c1ccc(-c2cc(-c3ccccc3)nc(-c3cccc(-c4ccc(-n5c6ccccc6c6cc7cc8ccn(-c9ccccc9)c8cc7cc65)cc4)c3)n2)cc1. The second-order valence-electron chi connectivity index (χ2n) is 14.3. The highest BCUT2D eigenvalue weighted by Gasteiger charge is 2.16. The van der Waals surface area contributed by atoms with Crippen molar-refractivity contribution in [3.05, 3.63) is 206 Å². The van der Waals surface area contributed by atoms with Crippen molar-refractivity contribution in [2.24, 2.45) is 0 Å². The fourth-order valence-electron chi connectivity index (χ4n) is 8.17. The first kappa shape index (κ1) is 31.9. The molecule has 0 aliphatic rings. The van der Waals surface area contributed by atoms with Gasteiger partial charge in [-0.25, -0.2) is 9.97 Å². The first-order chi connectivity index (χ1) is 27.7. The summed E-state index contributed by atoms with van der Waals surface area (Å²) in [7, 11) is 0. The Bertz CT molecular complexity index is 3160. The van der Waals surface area contributed by atoms with Crippen LogP contribution < -0.4 is 0 Å². The normalized spacial score (nSPS) is 11.6. The predicted molar refractivity (Wildman–Crippen MR) is 232 cm³/mol. The van der Waals surface area contributed by atoms with E-state index >= 15 is 0 Å². The Hall–Kier alpha value is -7.56. The summed E-state index contributed by atoms with van der Waals surface area (Å²) in [5.74, 6) is 0.703. The summed E-state index contributed by atoms with van der Waals surface area (Å²) in [4.78, 5) is 10.2. The van der Waals surface area contributed by atoms with Crippen LogP contribution in [-0.4, -0.2) is 19.1 Å². The van der Waals surface area contributed by atoms with E-state index in [0.717, 1.165) is 50.6 Å². The van der Waals surface area contributed by atoms with Gasteiger partial charge in [-0.2, -0.15) is 0 Å². The van der Waals surface area contributed by atoms with Crippen LogP contribution in [0.3, 0.4) is 0 Å². The number of hydrogen-bond donors (Lipinski definition) is 0. The summed E-state index contributed by atoms with van der Waals surface area (Å²) in [6, 6.07) is 71.1. The van der Waals surface area contributed by atoms with Crippen LogP contribution in [0.15, 0.2) is 206 Å². The predicted octanol–water partition coefficient (Wildman–Crippen LogP) is 13.3. The lowest BCUT2D eigenvalue weighted by molar-refractivity contribution is 1.13. The molecular weight excluding hydrogens is 681 g/mol. The zero-order chi connectivity index (χ0) is 37.0. The molecule has 3 aromatic heterocycles. The molecular formula is C52H34N4. The van der Waals surface area contributed by atoms with Crippen molar-refractivity contribution >= 4 is 43.5 Å². The Morgan fingerprint density at radius 1 is 0.321 bits per heavy atom. The second kappa shape index (κ2) is 13.1. The van der Waals surface area contributed by atoms with E-state index in [9.17, 15) is 0 Å². The lowest BCUT2D eigenvalue weighted by Crippen LogP contribution is -1.96. The van der Waals surface area contributed by atoms with E-state index in [4.69, 9.17) is 9.97 Å². The quantitative estimate of drug-likeness (QED) is 0.172. The minimum absolute atomic E-state index is 0.703. The minimum Gasteiger partial charge on any atom is -0.317 e. The fourth-order valence-corrected chi connectivity index (χ4v) is 8.17. The smallest absolute Gasteiger partial charge is 0.160 e. The third-order valence-electron chi connectivity index (χ3n) is 10.9. The Balaban J connectivity index is 0.999. The number of rotatable bonds is 6. The molecule has 0 atom stereocenters. The van der Waals surface area contributed by atoms with Gasteiger partial charge in [-0.3, -0.25) is 0 Å². The van der Waals surface area contributed by atoms with E-state index in [1.54, 1.807) is 0 Å². The van der Waals surface area contributed by atoms with E-state index in [0.29, 0.717) is 5.82 Å². The fraction of sp³-hybridized carbons (Fsp3) is 0. The summed E-state index contributed by atoms with van der Waals surface area (Å²) in [5.41, 5.74) is 13.0. The van der Waals surface area contributed by atoms with Crippen molar-refractivity contribution in [3.63, 3.8) is 0 Å². The molecule has 0 spiro atoms. The molecule has 4 nitrogen and oxygen atoms in total. The average Bonchev–Trinajstić information content (AvgIpc) is 3.83. The molecule has 0 saturated carbocycles. The van der Waals surface area contributed by atoms with Crippen molar-refractivity contribution < 1.29 is 0 Å². The topological polar surface area (TPSA) is 35.6 Å². The lowest BCUT2D eigenvalue weighted by atomic mass is 10.0. The number of benzene rings is 8. The zero-order valence-electron chi connectivity index (χ0n) is 30.4. The van der Waals surface area contributed by atoms with Crippen molar-refractivity contribution in [1.29, 1.82) is 0 Å². The van der Waals surface area contributed by atoms with Gasteiger partial charge >= 0.3 is 0 Å². The second-order valence-corrected chi connectivity index (χ2v) is 14.3. The molecule has 3 heterocycles. The van der Waals surface area contributed by atoms with Gasteiger partial charge in [0.25, 0.3) is 0 Å². The van der Waals surface area contributed by atoms with E-state index < -0.39 is 0 Å².